The van der Waals surface area contributed by atoms with Gasteiger partial charge < -0.3 is 20.8 Å². The van der Waals surface area contributed by atoms with Crippen molar-refractivity contribution in [1.29, 1.82) is 0 Å². The van der Waals surface area contributed by atoms with E-state index >= 15 is 0 Å². The first-order valence-electron chi connectivity index (χ1n) is 7.70. The lowest BCUT2D eigenvalue weighted by molar-refractivity contribution is -0.403. The van der Waals surface area contributed by atoms with Crippen LogP contribution in [0.15, 0.2) is 30.5 Å². The molecule has 124 valence electrons. The van der Waals surface area contributed by atoms with Crippen LogP contribution in [0.4, 0.5) is 0 Å². The summed E-state index contributed by atoms with van der Waals surface area (Å²) in [5, 5.41) is 3.83. The predicted octanol–water partition coefficient (Wildman–Crippen LogP) is 0.635. The Bertz CT molecular complexity index is 693. The summed E-state index contributed by atoms with van der Waals surface area (Å²) in [7, 11) is 1.32. The van der Waals surface area contributed by atoms with Gasteiger partial charge in [-0.1, -0.05) is 32.0 Å². The summed E-state index contributed by atoms with van der Waals surface area (Å²) in [6.07, 6.45) is 2.40. The summed E-state index contributed by atoms with van der Waals surface area (Å²) < 4.78 is 4.74. The van der Waals surface area contributed by atoms with Crippen molar-refractivity contribution in [1.82, 2.24) is 10.3 Å². The number of aromatic amines is 1. The fourth-order valence-corrected chi connectivity index (χ4v) is 2.55. The minimum absolute atomic E-state index is 0.0494. The number of amides is 1. The van der Waals surface area contributed by atoms with Crippen LogP contribution in [0.1, 0.15) is 19.4 Å². The summed E-state index contributed by atoms with van der Waals surface area (Å²) >= 11 is 0. The molecule has 0 unspecified atom stereocenters. The lowest BCUT2D eigenvalue weighted by Crippen LogP contribution is -2.69. The van der Waals surface area contributed by atoms with Crippen molar-refractivity contribution in [2.75, 3.05) is 7.11 Å². The molecule has 0 radical (unpaired) electrons. The summed E-state index contributed by atoms with van der Waals surface area (Å²) in [4.78, 5) is 27.3. The Balaban J connectivity index is 2.06. The zero-order chi connectivity index (χ0) is 17.0. The van der Waals surface area contributed by atoms with E-state index < -0.39 is 18.1 Å². The average Bonchev–Trinajstić information content (AvgIpc) is 2.94. The van der Waals surface area contributed by atoms with Crippen LogP contribution in [0, 0.1) is 5.92 Å². The first-order chi connectivity index (χ1) is 10.9. The molecule has 0 spiro atoms. The molecule has 1 aromatic heterocycles. The largest absolute Gasteiger partial charge is 0.467 e. The van der Waals surface area contributed by atoms with Gasteiger partial charge in [0.25, 0.3) is 5.91 Å². The van der Waals surface area contributed by atoms with Crippen molar-refractivity contribution >= 4 is 22.8 Å². The van der Waals surface area contributed by atoms with Crippen molar-refractivity contribution < 1.29 is 20.1 Å². The number of methoxy groups -OCH3 is 1. The first kappa shape index (κ1) is 17.0. The van der Waals surface area contributed by atoms with Gasteiger partial charge in [0.05, 0.1) is 7.11 Å². The molecule has 2 aromatic rings. The van der Waals surface area contributed by atoms with Crippen LogP contribution in [0.5, 0.6) is 0 Å². The summed E-state index contributed by atoms with van der Waals surface area (Å²) in [6, 6.07) is 6.78. The Morgan fingerprint density at radius 3 is 2.65 bits per heavy atom. The fourth-order valence-electron chi connectivity index (χ4n) is 2.55. The first-order valence-corrected chi connectivity index (χ1v) is 7.70. The Hall–Kier alpha value is -2.34. The third-order valence-corrected chi connectivity index (χ3v) is 3.93. The number of fused-ring (bicyclic) bond motifs is 1. The Kier molecular flexibility index (Phi) is 5.39. The average molecular weight is 318 g/mol. The smallest absolute Gasteiger partial charge is 0.328 e. The summed E-state index contributed by atoms with van der Waals surface area (Å²) in [5.74, 6) is -0.737. The summed E-state index contributed by atoms with van der Waals surface area (Å²) in [6.45, 7) is 3.72. The Morgan fingerprint density at radius 2 is 2.00 bits per heavy atom. The highest BCUT2D eigenvalue weighted by atomic mass is 16.5. The molecular formula is C17H24N3O3+. The minimum Gasteiger partial charge on any atom is -0.467 e. The van der Waals surface area contributed by atoms with Crippen LogP contribution in [0.25, 0.3) is 10.9 Å². The topological polar surface area (TPSA) is 98.8 Å². The van der Waals surface area contributed by atoms with E-state index in [2.05, 4.69) is 16.0 Å². The molecule has 23 heavy (non-hydrogen) atoms. The van der Waals surface area contributed by atoms with Gasteiger partial charge in [-0.25, -0.2) is 4.79 Å². The van der Waals surface area contributed by atoms with Gasteiger partial charge in [0.2, 0.25) is 0 Å². The number of para-hydroxylation sites is 1. The molecule has 1 heterocycles. The van der Waals surface area contributed by atoms with E-state index in [9.17, 15) is 9.59 Å². The predicted molar refractivity (Wildman–Crippen MR) is 87.5 cm³/mol. The van der Waals surface area contributed by atoms with E-state index in [4.69, 9.17) is 4.74 Å². The molecule has 0 fully saturated rings. The molecule has 0 bridgehead atoms. The molecule has 0 saturated carbocycles. The highest BCUT2D eigenvalue weighted by Crippen LogP contribution is 2.18. The lowest BCUT2D eigenvalue weighted by Gasteiger charge is -2.20. The SMILES string of the molecule is COC(=O)[C@@H](NC(=O)[C@@H]([NH3+])Cc1c[nH]c2ccccc12)C(C)C. The van der Waals surface area contributed by atoms with E-state index in [0.29, 0.717) is 6.42 Å². The van der Waals surface area contributed by atoms with Crippen LogP contribution >= 0.6 is 0 Å². The number of benzene rings is 1. The Morgan fingerprint density at radius 1 is 1.30 bits per heavy atom. The molecule has 0 aliphatic rings. The Labute approximate surface area is 135 Å². The van der Waals surface area contributed by atoms with Gasteiger partial charge in [0.15, 0.2) is 6.04 Å². The molecule has 2 atom stereocenters. The second-order valence-electron chi connectivity index (χ2n) is 6.01. The number of nitrogens with one attached hydrogen (secondary N) is 2. The number of carbonyl (C=O) groups excluding carboxylic acids is 2. The second kappa shape index (κ2) is 7.28. The van der Waals surface area contributed by atoms with Gasteiger partial charge in [-0.15, -0.1) is 0 Å². The van der Waals surface area contributed by atoms with Crippen LogP contribution < -0.4 is 11.1 Å². The number of ether oxygens (including phenoxy) is 1. The standard InChI is InChI=1S/C17H23N3O3/c1-10(2)15(17(22)23-3)20-16(21)13(18)8-11-9-19-14-7-5-4-6-12(11)14/h4-7,9-10,13,15,19H,8,18H2,1-3H3,(H,20,21)/p+1/t13-,15-/m0/s1. The maximum absolute atomic E-state index is 12.3. The molecule has 0 aliphatic carbocycles. The van der Waals surface area contributed by atoms with Crippen molar-refractivity contribution in [2.45, 2.75) is 32.4 Å². The number of esters is 1. The van der Waals surface area contributed by atoms with Gasteiger partial charge >= 0.3 is 5.97 Å². The zero-order valence-electron chi connectivity index (χ0n) is 13.8. The molecular weight excluding hydrogens is 294 g/mol. The van der Waals surface area contributed by atoms with E-state index in [1.54, 1.807) is 0 Å². The second-order valence-corrected chi connectivity index (χ2v) is 6.01. The fraction of sp³-hybridized carbons (Fsp3) is 0.412. The molecule has 1 amide bonds. The van der Waals surface area contributed by atoms with Crippen LogP contribution in [0.2, 0.25) is 0 Å². The van der Waals surface area contributed by atoms with Gasteiger partial charge in [0.1, 0.15) is 6.04 Å². The van der Waals surface area contributed by atoms with Crippen LogP contribution in [-0.2, 0) is 20.7 Å². The van der Waals surface area contributed by atoms with Gasteiger partial charge in [-0.05, 0) is 17.5 Å². The molecule has 0 saturated heterocycles. The third kappa shape index (κ3) is 3.90. The highest BCUT2D eigenvalue weighted by molar-refractivity contribution is 5.88. The number of carbonyl (C=O) groups is 2. The highest BCUT2D eigenvalue weighted by Gasteiger charge is 2.28. The summed E-state index contributed by atoms with van der Waals surface area (Å²) in [5.41, 5.74) is 6.01. The zero-order valence-corrected chi connectivity index (χ0v) is 13.8. The van der Waals surface area contributed by atoms with Crippen molar-refractivity contribution in [3.8, 4) is 0 Å². The molecule has 6 nitrogen and oxygen atoms in total. The lowest BCUT2D eigenvalue weighted by atomic mass is 10.0. The molecule has 1 aromatic carbocycles. The third-order valence-electron chi connectivity index (χ3n) is 3.93. The van der Waals surface area contributed by atoms with Crippen molar-refractivity contribution in [2.24, 2.45) is 5.92 Å². The molecule has 6 heteroatoms. The molecule has 2 rings (SSSR count). The number of aromatic nitrogens is 1. The van der Waals surface area contributed by atoms with E-state index in [-0.39, 0.29) is 11.8 Å². The normalized spacial score (nSPS) is 13.8. The monoisotopic (exact) mass is 318 g/mol. The van der Waals surface area contributed by atoms with Gasteiger partial charge in [0, 0.05) is 23.5 Å². The van der Waals surface area contributed by atoms with Gasteiger partial charge in [-0.3, -0.25) is 4.79 Å². The van der Waals surface area contributed by atoms with Gasteiger partial charge in [-0.2, -0.15) is 0 Å². The van der Waals surface area contributed by atoms with Crippen molar-refractivity contribution in [3.63, 3.8) is 0 Å². The van der Waals surface area contributed by atoms with Crippen LogP contribution in [0.3, 0.4) is 0 Å². The van der Waals surface area contributed by atoms with Crippen molar-refractivity contribution in [3.05, 3.63) is 36.0 Å². The maximum atomic E-state index is 12.3. The van der Waals surface area contributed by atoms with E-state index in [0.717, 1.165) is 16.5 Å². The molecule has 0 aliphatic heterocycles. The maximum Gasteiger partial charge on any atom is 0.328 e. The quantitative estimate of drug-likeness (QED) is 0.681. The minimum atomic E-state index is -0.653. The number of rotatable bonds is 6. The van der Waals surface area contributed by atoms with E-state index in [1.165, 1.54) is 7.11 Å². The van der Waals surface area contributed by atoms with Crippen LogP contribution in [-0.4, -0.2) is 36.1 Å². The van der Waals surface area contributed by atoms with E-state index in [1.807, 2.05) is 44.3 Å². The molecule has 5 N–H and O–H groups in total. The number of quaternary nitrogens is 1. The number of hydrogen-bond acceptors (Lipinski definition) is 3. The number of hydrogen-bond donors (Lipinski definition) is 3. The number of H-pyrrole nitrogens is 1.